The molecular weight excluding hydrogens is 513 g/mol. The van der Waals surface area contributed by atoms with Gasteiger partial charge in [-0.25, -0.2) is 0 Å². The Morgan fingerprint density at radius 2 is 1.64 bits per heavy atom. The summed E-state index contributed by atoms with van der Waals surface area (Å²) in [5, 5.41) is -4.63. The van der Waals surface area contributed by atoms with Crippen molar-refractivity contribution < 1.29 is 40.8 Å². The number of esters is 2. The number of carbonyl (C=O) groups is 2. The van der Waals surface area contributed by atoms with Gasteiger partial charge in [-0.15, -0.1) is 0 Å². The van der Waals surface area contributed by atoms with Gasteiger partial charge in [-0.1, -0.05) is 12.2 Å². The number of ether oxygens (including phenoxy) is 2. The molecule has 1 fully saturated rings. The van der Waals surface area contributed by atoms with Crippen LogP contribution in [0.3, 0.4) is 0 Å². The molecule has 0 spiro atoms. The summed E-state index contributed by atoms with van der Waals surface area (Å²) < 4.78 is 67.1. The van der Waals surface area contributed by atoms with Crippen LogP contribution >= 0.6 is 22.6 Å². The molecule has 1 aromatic rings. The number of fused-ring (bicyclic) bond motifs is 2. The smallest absolute Gasteiger partial charge is 0.402 e. The van der Waals surface area contributed by atoms with Gasteiger partial charge in [-0.2, -0.15) is 17.2 Å². The third-order valence-electron chi connectivity index (χ3n) is 4.80. The van der Waals surface area contributed by atoms with E-state index in [-0.39, 0.29) is 11.7 Å². The summed E-state index contributed by atoms with van der Waals surface area (Å²) in [7, 11) is -5.72. The fraction of sp³-hybridized carbons (Fsp3) is 0.412. The summed E-state index contributed by atoms with van der Waals surface area (Å²) in [4.78, 5) is 25.0. The molecule has 1 aromatic carbocycles. The summed E-state index contributed by atoms with van der Waals surface area (Å²) in [5.41, 5.74) is 0. The Hall–Kier alpha value is -1.60. The summed E-state index contributed by atoms with van der Waals surface area (Å²) in [6.45, 7) is -1.83. The zero-order valence-corrected chi connectivity index (χ0v) is 17.1. The van der Waals surface area contributed by atoms with Crippen molar-refractivity contribution in [2.45, 2.75) is 11.7 Å². The summed E-state index contributed by atoms with van der Waals surface area (Å²) in [6, 6.07) is 6.63. The highest BCUT2D eigenvalue weighted by Gasteiger charge is 2.54. The fourth-order valence-electron chi connectivity index (χ4n) is 3.48. The number of hydrogen-bond acceptors (Lipinski definition) is 6. The van der Waals surface area contributed by atoms with Crippen LogP contribution in [0.25, 0.3) is 0 Å². The monoisotopic (exact) mass is 528 g/mol. The van der Waals surface area contributed by atoms with Crippen molar-refractivity contribution in [2.75, 3.05) is 6.61 Å². The average molecular weight is 528 g/mol. The van der Waals surface area contributed by atoms with Gasteiger partial charge in [0.15, 0.2) is 6.61 Å². The summed E-state index contributed by atoms with van der Waals surface area (Å²) in [6.07, 6.45) is 3.92. The number of halogens is 3. The maximum Gasteiger partial charge on any atom is 0.402 e. The number of alkyl halides is 2. The highest BCUT2D eigenvalue weighted by molar-refractivity contribution is 14.1. The van der Waals surface area contributed by atoms with Crippen LogP contribution in [0.15, 0.2) is 36.4 Å². The van der Waals surface area contributed by atoms with E-state index in [0.29, 0.717) is 6.42 Å². The average Bonchev–Trinajstić information content (AvgIpc) is 3.22. The molecule has 1 saturated carbocycles. The number of hydrogen-bond donors (Lipinski definition) is 1. The van der Waals surface area contributed by atoms with Crippen LogP contribution in [0.4, 0.5) is 8.78 Å². The molecular formula is C17H15F2IO7S. The molecule has 0 aromatic heterocycles. The SMILES string of the molecule is O=C(OCC(F)(F)S(=O)(=O)O)C1C2C=CC(C2)C1C(=O)Oc1ccc(I)cc1. The van der Waals surface area contributed by atoms with E-state index in [1.807, 2.05) is 0 Å². The van der Waals surface area contributed by atoms with Crippen LogP contribution in [0, 0.1) is 27.2 Å². The van der Waals surface area contributed by atoms with Gasteiger partial charge < -0.3 is 9.47 Å². The predicted octanol–water partition coefficient (Wildman–Crippen LogP) is 2.66. The Kier molecular flexibility index (Phi) is 5.79. The van der Waals surface area contributed by atoms with Crippen LogP contribution in [0.1, 0.15) is 6.42 Å². The molecule has 4 unspecified atom stereocenters. The minimum absolute atomic E-state index is 0.280. The minimum Gasteiger partial charge on any atom is -0.458 e. The van der Waals surface area contributed by atoms with Gasteiger partial charge in [0.25, 0.3) is 0 Å². The zero-order chi connectivity index (χ0) is 20.7. The second-order valence-corrected chi connectivity index (χ2v) is 9.39. The van der Waals surface area contributed by atoms with Crippen molar-refractivity contribution in [2.24, 2.45) is 23.7 Å². The van der Waals surface area contributed by atoms with Gasteiger partial charge in [0, 0.05) is 3.57 Å². The van der Waals surface area contributed by atoms with Crippen LogP contribution < -0.4 is 4.74 Å². The Balaban J connectivity index is 1.72. The first kappa shape index (κ1) is 21.1. The van der Waals surface area contributed by atoms with Crippen molar-refractivity contribution in [3.63, 3.8) is 0 Å². The predicted molar refractivity (Wildman–Crippen MR) is 100.0 cm³/mol. The van der Waals surface area contributed by atoms with E-state index in [4.69, 9.17) is 9.29 Å². The Bertz CT molecular complexity index is 914. The van der Waals surface area contributed by atoms with Crippen molar-refractivity contribution in [1.29, 1.82) is 0 Å². The van der Waals surface area contributed by atoms with E-state index in [1.165, 1.54) is 0 Å². The van der Waals surface area contributed by atoms with E-state index in [9.17, 15) is 26.8 Å². The van der Waals surface area contributed by atoms with Crippen molar-refractivity contribution >= 4 is 44.6 Å². The van der Waals surface area contributed by atoms with E-state index in [1.54, 1.807) is 36.4 Å². The molecule has 3 rings (SSSR count). The maximum atomic E-state index is 13.3. The van der Waals surface area contributed by atoms with Crippen molar-refractivity contribution in [1.82, 2.24) is 0 Å². The lowest BCUT2D eigenvalue weighted by atomic mass is 9.83. The molecule has 0 aliphatic heterocycles. The molecule has 2 aliphatic rings. The van der Waals surface area contributed by atoms with Gasteiger partial charge >= 0.3 is 27.3 Å². The second-order valence-electron chi connectivity index (χ2n) is 6.60. The molecule has 0 saturated heterocycles. The van der Waals surface area contributed by atoms with E-state index >= 15 is 0 Å². The first-order valence-electron chi connectivity index (χ1n) is 8.17. The number of allylic oxidation sites excluding steroid dienone is 2. The molecule has 4 atom stereocenters. The van der Waals surface area contributed by atoms with E-state index in [2.05, 4.69) is 27.3 Å². The Morgan fingerprint density at radius 1 is 1.11 bits per heavy atom. The molecule has 11 heteroatoms. The molecule has 0 heterocycles. The van der Waals surface area contributed by atoms with Gasteiger partial charge in [-0.05, 0) is 65.1 Å². The highest BCUT2D eigenvalue weighted by Crippen LogP contribution is 2.49. The molecule has 0 amide bonds. The molecule has 2 bridgehead atoms. The van der Waals surface area contributed by atoms with Crippen molar-refractivity contribution in [3.8, 4) is 5.75 Å². The molecule has 2 aliphatic carbocycles. The zero-order valence-electron chi connectivity index (χ0n) is 14.1. The normalized spacial score (nSPS) is 26.3. The fourth-order valence-corrected chi connectivity index (χ4v) is 4.05. The topological polar surface area (TPSA) is 107 Å². The number of carbonyl (C=O) groups excluding carboxylic acids is 2. The van der Waals surface area contributed by atoms with Crippen LogP contribution in [0.2, 0.25) is 0 Å². The number of rotatable bonds is 6. The third kappa shape index (κ3) is 4.20. The first-order valence-corrected chi connectivity index (χ1v) is 10.7. The first-order chi connectivity index (χ1) is 13.0. The largest absolute Gasteiger partial charge is 0.458 e. The van der Waals surface area contributed by atoms with Crippen LogP contribution in [-0.4, -0.2) is 36.8 Å². The lowest BCUT2D eigenvalue weighted by molar-refractivity contribution is -0.161. The second kappa shape index (κ2) is 7.67. The number of benzene rings is 1. The molecule has 1 N–H and O–H groups in total. The lowest BCUT2D eigenvalue weighted by Gasteiger charge is -2.25. The van der Waals surface area contributed by atoms with Crippen LogP contribution in [0.5, 0.6) is 5.75 Å². The third-order valence-corrected chi connectivity index (χ3v) is 6.39. The molecule has 152 valence electrons. The van der Waals surface area contributed by atoms with Gasteiger partial charge in [0.1, 0.15) is 5.75 Å². The quantitative estimate of drug-likeness (QED) is 0.199. The van der Waals surface area contributed by atoms with Gasteiger partial charge in [-0.3, -0.25) is 14.1 Å². The van der Waals surface area contributed by atoms with Gasteiger partial charge in [0.2, 0.25) is 0 Å². The summed E-state index contributed by atoms with van der Waals surface area (Å²) in [5.74, 6) is -4.25. The highest BCUT2D eigenvalue weighted by atomic mass is 127. The molecule has 7 nitrogen and oxygen atoms in total. The minimum atomic E-state index is -5.72. The lowest BCUT2D eigenvalue weighted by Crippen LogP contribution is -2.40. The van der Waals surface area contributed by atoms with Crippen molar-refractivity contribution in [3.05, 3.63) is 40.0 Å². The Labute approximate surface area is 173 Å². The molecule has 0 radical (unpaired) electrons. The van der Waals surface area contributed by atoms with Crippen LogP contribution in [-0.2, 0) is 24.4 Å². The van der Waals surface area contributed by atoms with E-state index in [0.717, 1.165) is 3.57 Å². The Morgan fingerprint density at radius 3 is 2.18 bits per heavy atom. The summed E-state index contributed by atoms with van der Waals surface area (Å²) >= 11 is 2.08. The maximum absolute atomic E-state index is 13.3. The standard InChI is InChI=1S/C17H15F2IO7S/c18-17(19,28(23,24)25)8-26-15(21)13-9-1-2-10(7-9)14(13)16(22)27-12-5-3-11(20)4-6-12/h1-6,9-10,13-14H,7-8H2,(H,23,24,25). The van der Waals surface area contributed by atoms with E-state index < -0.39 is 51.7 Å². The molecule has 28 heavy (non-hydrogen) atoms. The van der Waals surface area contributed by atoms with Gasteiger partial charge in [0.05, 0.1) is 11.8 Å².